The molecule has 1 heterocycles. The molecular formula is C54H107NO6. The van der Waals surface area contributed by atoms with Crippen LogP contribution < -0.4 is 5.32 Å². The fraction of sp³-hybridized carbons (Fsp3) is 0.537. The fourth-order valence-electron chi connectivity index (χ4n) is 5.57. The second-order valence-electron chi connectivity index (χ2n) is 15.1. The number of amides is 1. The topological polar surface area (TPSA) is 86.3 Å². The summed E-state index contributed by atoms with van der Waals surface area (Å²) in [7, 11) is 0. The van der Waals surface area contributed by atoms with E-state index in [1.54, 1.807) is 6.92 Å². The molecule has 0 aromatic rings. The molecule has 364 valence electrons. The van der Waals surface area contributed by atoms with Crippen LogP contribution in [0.5, 0.6) is 0 Å². The fourth-order valence-corrected chi connectivity index (χ4v) is 5.57. The number of rotatable bonds is 21. The normalized spacial score (nSPS) is 13.7. The smallest absolute Gasteiger partial charge is 0.297 e. The summed E-state index contributed by atoms with van der Waals surface area (Å²) in [4.78, 5) is 13.0. The van der Waals surface area contributed by atoms with Crippen LogP contribution in [0, 0.1) is 142 Å². The van der Waals surface area contributed by atoms with Gasteiger partial charge in [-0.05, 0) is 143 Å². The van der Waals surface area contributed by atoms with Gasteiger partial charge in [-0.3, -0.25) is 4.79 Å². The van der Waals surface area contributed by atoms with Crippen molar-refractivity contribution in [1.82, 2.24) is 5.32 Å². The number of nitrogens with one attached hydrogen (secondary N) is 1. The van der Waals surface area contributed by atoms with E-state index in [2.05, 4.69) is 154 Å². The zero-order valence-electron chi connectivity index (χ0n) is 37.1. The minimum Gasteiger partial charge on any atom is -0.390 e. The van der Waals surface area contributed by atoms with E-state index in [4.69, 9.17) is 18.9 Å². The van der Waals surface area contributed by atoms with Gasteiger partial charge < -0.3 is 29.4 Å². The van der Waals surface area contributed by atoms with E-state index in [0.29, 0.717) is 13.0 Å². The Morgan fingerprint density at radius 3 is 1.49 bits per heavy atom. The van der Waals surface area contributed by atoms with Gasteiger partial charge in [-0.25, -0.2) is 0 Å². The van der Waals surface area contributed by atoms with Crippen molar-refractivity contribution in [3.05, 3.63) is 0 Å². The van der Waals surface area contributed by atoms with Gasteiger partial charge in [0.2, 0.25) is 0 Å². The molecule has 61 heavy (non-hydrogen) atoms. The summed E-state index contributed by atoms with van der Waals surface area (Å²) in [6, 6.07) is -0.707. The van der Waals surface area contributed by atoms with Gasteiger partial charge in [0.05, 0.1) is 37.6 Å². The average molecular weight is 866 g/mol. The molecule has 4 atom stereocenters. The van der Waals surface area contributed by atoms with Gasteiger partial charge in [0.1, 0.15) is 12.2 Å². The second-order valence-corrected chi connectivity index (χ2v) is 15.1. The third-order valence-electron chi connectivity index (χ3n) is 8.22. The number of unbranched alkanes of at least 4 members (excludes halogenated alkanes) is 11. The van der Waals surface area contributed by atoms with E-state index >= 15 is 0 Å². The molecule has 0 saturated carbocycles. The van der Waals surface area contributed by atoms with Crippen LogP contribution in [0.15, 0.2) is 0 Å². The lowest BCUT2D eigenvalue weighted by molar-refractivity contribution is -0.152. The van der Waals surface area contributed by atoms with Crippen molar-refractivity contribution < 1.29 is 63.1 Å². The van der Waals surface area contributed by atoms with Gasteiger partial charge in [-0.1, -0.05) is 89.9 Å². The average Bonchev–Trinajstić information content (AvgIpc) is 3.57. The maximum Gasteiger partial charge on any atom is 0.297 e. The van der Waals surface area contributed by atoms with Crippen LogP contribution in [-0.4, -0.2) is 66.6 Å². The summed E-state index contributed by atoms with van der Waals surface area (Å²) in [5.41, 5.74) is -0.603. The Morgan fingerprint density at radius 1 is 0.689 bits per heavy atom. The standard InChI is InChI=1S/C54H59NO6.24H2/c1-8-10-12-14-16-18-20-22-23-24-25-26-27-28-29-30-31-32-34-36-38-40-42-44-51(57)55-49(47-58-45-48-46-59-54(6,7)60-48)52(61-53(3,4)5)50(56)43-41-39-37-35-33-21-19-17-15-13-11-9-2;;;;;;;;;;;;;;;;;;;;;;;;/h48-50,52,56H,9,11,13,15,17,19,21,33,35,37,39,41,43,45-47H2,1-7H3,(H,55,57);24*1H/t48-,49-,50+,52-;;;;;;;;;;;;;;;;;;;;;;;;/m0......................../s1. The first-order chi connectivity index (χ1) is 29.5. The molecule has 0 spiro atoms. The lowest BCUT2D eigenvalue weighted by atomic mass is 9.98. The van der Waals surface area contributed by atoms with Crippen molar-refractivity contribution in [3.8, 4) is 142 Å². The van der Waals surface area contributed by atoms with Crippen molar-refractivity contribution in [2.24, 2.45) is 0 Å². The minimum atomic E-state index is -0.841. The summed E-state index contributed by atoms with van der Waals surface area (Å²) < 4.78 is 24.0. The molecule has 0 aliphatic carbocycles. The molecule has 1 fully saturated rings. The number of carbonyl (C=O) groups is 1. The van der Waals surface area contributed by atoms with Gasteiger partial charge in [0.15, 0.2) is 5.79 Å². The molecule has 1 amide bonds. The summed E-state index contributed by atoms with van der Waals surface area (Å²) in [6.45, 7) is 14.1. The van der Waals surface area contributed by atoms with E-state index in [-0.39, 0.29) is 53.6 Å². The van der Waals surface area contributed by atoms with Crippen molar-refractivity contribution >= 4 is 5.91 Å². The van der Waals surface area contributed by atoms with Crippen LogP contribution in [0.4, 0.5) is 0 Å². The monoisotopic (exact) mass is 866 g/mol. The largest absolute Gasteiger partial charge is 0.390 e. The van der Waals surface area contributed by atoms with Crippen LogP contribution >= 0.6 is 0 Å². The Balaban J connectivity index is -0.0000000705. The molecule has 7 nitrogen and oxygen atoms in total. The maximum absolute atomic E-state index is 13.0. The maximum atomic E-state index is 13.0. The third kappa shape index (κ3) is 32.5. The van der Waals surface area contributed by atoms with Crippen LogP contribution in [-0.2, 0) is 23.7 Å². The molecule has 0 unspecified atom stereocenters. The van der Waals surface area contributed by atoms with E-state index in [1.165, 1.54) is 57.8 Å². The summed E-state index contributed by atoms with van der Waals surface area (Å²) in [5, 5.41) is 14.4. The third-order valence-corrected chi connectivity index (χ3v) is 8.22. The molecule has 1 rings (SSSR count). The molecule has 0 radical (unpaired) electrons. The Hall–Kier alpha value is -6.01. The van der Waals surface area contributed by atoms with Gasteiger partial charge in [0.25, 0.3) is 5.91 Å². The van der Waals surface area contributed by atoms with Gasteiger partial charge in [0, 0.05) is 75.7 Å². The Bertz CT molecular complexity index is 2250. The number of carbonyl (C=O) groups excluding carboxylic acids is 1. The summed E-state index contributed by atoms with van der Waals surface area (Å²) in [6.07, 6.45) is 13.4. The lowest BCUT2D eigenvalue weighted by Crippen LogP contribution is -2.54. The number of hydrogen-bond acceptors (Lipinski definition) is 6. The van der Waals surface area contributed by atoms with E-state index in [0.717, 1.165) is 19.3 Å². The highest BCUT2D eigenvalue weighted by Crippen LogP contribution is 2.24. The molecule has 0 aromatic heterocycles. The molecule has 1 aliphatic heterocycles. The Labute approximate surface area is 404 Å². The molecule has 0 bridgehead atoms. The number of aliphatic hydroxyl groups excluding tert-OH is 1. The predicted molar refractivity (Wildman–Crippen MR) is 294 cm³/mol. The van der Waals surface area contributed by atoms with E-state index in [9.17, 15) is 9.90 Å². The zero-order valence-corrected chi connectivity index (χ0v) is 37.1. The molecule has 7 heteroatoms. The first kappa shape index (κ1) is 53.0. The molecule has 1 aliphatic rings. The Kier molecular flexibility index (Phi) is 30.3. The van der Waals surface area contributed by atoms with Crippen LogP contribution in [0.1, 0.15) is 166 Å². The quantitative estimate of drug-likeness (QED) is 0.0883. The van der Waals surface area contributed by atoms with Crippen molar-refractivity contribution in [1.29, 1.82) is 0 Å². The number of aliphatic hydroxyl groups is 1. The van der Waals surface area contributed by atoms with Gasteiger partial charge >= 0.3 is 0 Å². The minimum absolute atomic E-state index is 0. The van der Waals surface area contributed by atoms with Gasteiger partial charge in [-0.15, -0.1) is 0 Å². The predicted octanol–water partition coefficient (Wildman–Crippen LogP) is 12.2. The van der Waals surface area contributed by atoms with E-state index in [1.807, 2.05) is 34.6 Å². The highest BCUT2D eigenvalue weighted by atomic mass is 16.7. The molecule has 2 N–H and O–H groups in total. The lowest BCUT2D eigenvalue weighted by Gasteiger charge is -2.36. The molecular weight excluding hydrogens is 759 g/mol. The summed E-state index contributed by atoms with van der Waals surface area (Å²) >= 11 is 0. The first-order valence-corrected chi connectivity index (χ1v) is 21.0. The Morgan fingerprint density at radius 2 is 1.10 bits per heavy atom. The molecule has 1 saturated heterocycles. The second kappa shape index (κ2) is 34.8. The SMILES string of the molecule is CC#CC#CC#CC#CC#CC#CC#CC#CC#CC#CC#CC#CC(=O)N[C@@H](COC[C@H]1COC(C)(C)O1)[C@H](OC(C)(C)C)[C@H](O)CCCCCCCCCCCCCC.[HH].[HH].[HH].[HH].[HH].[HH].[HH].[HH].[HH].[HH].[HH].[HH].[HH].[HH].[HH].[HH].[HH].[HH].[HH].[HH].[HH].[HH].[HH].[HH]. The van der Waals surface area contributed by atoms with Crippen molar-refractivity contribution in [2.45, 2.75) is 168 Å². The highest BCUT2D eigenvalue weighted by Gasteiger charge is 2.36. The summed E-state index contributed by atoms with van der Waals surface area (Å²) in [5.74, 6) is 59.5. The van der Waals surface area contributed by atoms with Gasteiger partial charge in [-0.2, -0.15) is 0 Å². The first-order valence-electron chi connectivity index (χ1n) is 21.0. The van der Waals surface area contributed by atoms with Crippen LogP contribution in [0.25, 0.3) is 0 Å². The number of hydrogen-bond donors (Lipinski definition) is 2. The zero-order chi connectivity index (χ0) is 44.7. The van der Waals surface area contributed by atoms with Crippen LogP contribution in [0.3, 0.4) is 0 Å². The molecule has 0 aromatic carbocycles. The van der Waals surface area contributed by atoms with Crippen molar-refractivity contribution in [2.75, 3.05) is 19.8 Å². The van der Waals surface area contributed by atoms with Crippen molar-refractivity contribution in [3.63, 3.8) is 0 Å². The van der Waals surface area contributed by atoms with Crippen LogP contribution in [0.2, 0.25) is 0 Å². The number of ether oxygens (including phenoxy) is 4. The highest BCUT2D eigenvalue weighted by molar-refractivity contribution is 5.94. The van der Waals surface area contributed by atoms with E-state index < -0.39 is 35.5 Å².